The van der Waals surface area contributed by atoms with E-state index in [9.17, 15) is 17.9 Å². The van der Waals surface area contributed by atoms with Crippen LogP contribution in [0.3, 0.4) is 0 Å². The highest BCUT2D eigenvalue weighted by Gasteiger charge is 2.16. The molecule has 0 fully saturated rings. The quantitative estimate of drug-likeness (QED) is 0.794. The van der Waals surface area contributed by atoms with Gasteiger partial charge in [0.15, 0.2) is 0 Å². The molecule has 4 nitrogen and oxygen atoms in total. The Hall–Kier alpha value is -0.980. The van der Waals surface area contributed by atoms with Crippen molar-refractivity contribution in [1.29, 1.82) is 0 Å². The van der Waals surface area contributed by atoms with Gasteiger partial charge in [0.1, 0.15) is 5.82 Å². The Bertz CT molecular complexity index is 476. The van der Waals surface area contributed by atoms with Gasteiger partial charge in [-0.1, -0.05) is 31.5 Å². The van der Waals surface area contributed by atoms with E-state index in [-0.39, 0.29) is 17.9 Å². The van der Waals surface area contributed by atoms with Gasteiger partial charge in [-0.25, -0.2) is 17.5 Å². The zero-order valence-corrected chi connectivity index (χ0v) is 11.1. The van der Waals surface area contributed by atoms with E-state index in [0.717, 1.165) is 6.42 Å². The van der Waals surface area contributed by atoms with Crippen molar-refractivity contribution in [3.05, 3.63) is 35.6 Å². The Morgan fingerprint density at radius 3 is 2.67 bits per heavy atom. The monoisotopic (exact) mass is 275 g/mol. The molecule has 0 aromatic heterocycles. The summed E-state index contributed by atoms with van der Waals surface area (Å²) in [5.41, 5.74) is 0.0932. The Morgan fingerprint density at radius 2 is 2.06 bits per heavy atom. The number of halogens is 1. The van der Waals surface area contributed by atoms with Crippen molar-refractivity contribution < 1.29 is 17.9 Å². The molecule has 0 spiro atoms. The van der Waals surface area contributed by atoms with Gasteiger partial charge in [0.25, 0.3) is 0 Å². The third-order valence-corrected chi connectivity index (χ3v) is 3.96. The fraction of sp³-hybridized carbons (Fsp3) is 0.500. The van der Waals surface area contributed by atoms with Gasteiger partial charge >= 0.3 is 0 Å². The first kappa shape index (κ1) is 15.1. The molecule has 2 N–H and O–H groups in total. The third-order valence-electron chi connectivity index (χ3n) is 2.53. The second-order valence-corrected chi connectivity index (χ2v) is 5.98. The third kappa shape index (κ3) is 4.72. The standard InChI is InChI=1S/C12H18FNO3S/c1-2-3-8-18(16,17)14-9-12(15)10-6-4-5-7-11(10)13/h4-7,12,14-15H,2-3,8-9H2,1H3/t12-/m0/s1. The van der Waals surface area contributed by atoms with Crippen LogP contribution in [0.15, 0.2) is 24.3 Å². The second kappa shape index (κ2) is 6.82. The minimum Gasteiger partial charge on any atom is -0.387 e. The van der Waals surface area contributed by atoms with Gasteiger partial charge < -0.3 is 5.11 Å². The minimum absolute atomic E-state index is 0.0213. The zero-order chi connectivity index (χ0) is 13.6. The highest BCUT2D eigenvalue weighted by Crippen LogP contribution is 2.15. The van der Waals surface area contributed by atoms with Gasteiger partial charge in [-0.3, -0.25) is 0 Å². The lowest BCUT2D eigenvalue weighted by molar-refractivity contribution is 0.177. The van der Waals surface area contributed by atoms with Crippen LogP contribution in [0, 0.1) is 5.82 Å². The van der Waals surface area contributed by atoms with E-state index < -0.39 is 21.9 Å². The normalized spacial score (nSPS) is 13.5. The van der Waals surface area contributed by atoms with Crippen molar-refractivity contribution in [3.63, 3.8) is 0 Å². The average Bonchev–Trinajstić information content (AvgIpc) is 2.34. The second-order valence-electron chi connectivity index (χ2n) is 4.06. The van der Waals surface area contributed by atoms with Crippen molar-refractivity contribution in [3.8, 4) is 0 Å². The lowest BCUT2D eigenvalue weighted by atomic mass is 10.1. The first-order valence-electron chi connectivity index (χ1n) is 5.86. The summed E-state index contributed by atoms with van der Waals surface area (Å²) in [5, 5.41) is 9.72. The number of nitrogens with one attached hydrogen (secondary N) is 1. The first-order chi connectivity index (χ1) is 8.46. The fourth-order valence-electron chi connectivity index (χ4n) is 1.47. The van der Waals surface area contributed by atoms with Gasteiger partial charge in [0.2, 0.25) is 10.0 Å². The molecule has 0 saturated heterocycles. The Kier molecular flexibility index (Phi) is 5.71. The van der Waals surface area contributed by atoms with Crippen LogP contribution >= 0.6 is 0 Å². The summed E-state index contributed by atoms with van der Waals surface area (Å²) in [6.45, 7) is 1.68. The maximum Gasteiger partial charge on any atom is 0.211 e. The topological polar surface area (TPSA) is 66.4 Å². The molecule has 0 bridgehead atoms. The summed E-state index contributed by atoms with van der Waals surface area (Å²) in [7, 11) is -3.39. The van der Waals surface area contributed by atoms with Gasteiger partial charge in [0, 0.05) is 12.1 Å². The summed E-state index contributed by atoms with van der Waals surface area (Å²) >= 11 is 0. The molecule has 0 aliphatic heterocycles. The minimum atomic E-state index is -3.39. The molecule has 6 heteroatoms. The van der Waals surface area contributed by atoms with Crippen LogP contribution in [0.25, 0.3) is 0 Å². The lowest BCUT2D eigenvalue weighted by Crippen LogP contribution is -2.30. The van der Waals surface area contributed by atoms with Crippen molar-refractivity contribution in [2.45, 2.75) is 25.9 Å². The van der Waals surface area contributed by atoms with Crippen LogP contribution in [0.4, 0.5) is 4.39 Å². The van der Waals surface area contributed by atoms with Crippen molar-refractivity contribution in [2.24, 2.45) is 0 Å². The number of hydrogen-bond acceptors (Lipinski definition) is 3. The molecule has 0 aliphatic rings. The molecular formula is C12H18FNO3S. The Labute approximate surface area is 107 Å². The van der Waals surface area contributed by atoms with Crippen molar-refractivity contribution in [2.75, 3.05) is 12.3 Å². The summed E-state index contributed by atoms with van der Waals surface area (Å²) in [4.78, 5) is 0. The smallest absolute Gasteiger partial charge is 0.211 e. The maximum absolute atomic E-state index is 13.3. The summed E-state index contributed by atoms with van der Waals surface area (Å²) in [5.74, 6) is -0.522. The van der Waals surface area contributed by atoms with E-state index in [0.29, 0.717) is 6.42 Å². The number of unbranched alkanes of at least 4 members (excludes halogenated alkanes) is 1. The molecular weight excluding hydrogens is 257 g/mol. The van der Waals surface area contributed by atoms with Crippen LogP contribution in [0.1, 0.15) is 31.4 Å². The molecule has 0 unspecified atom stereocenters. The first-order valence-corrected chi connectivity index (χ1v) is 7.51. The van der Waals surface area contributed by atoms with E-state index >= 15 is 0 Å². The van der Waals surface area contributed by atoms with Crippen molar-refractivity contribution >= 4 is 10.0 Å². The summed E-state index contributed by atoms with van der Waals surface area (Å²) in [6.07, 6.45) is 0.157. The Morgan fingerprint density at radius 1 is 1.39 bits per heavy atom. The molecule has 1 rings (SSSR count). The maximum atomic E-state index is 13.3. The predicted octanol–water partition coefficient (Wildman–Crippen LogP) is 1.58. The van der Waals surface area contributed by atoms with E-state index in [4.69, 9.17) is 0 Å². The van der Waals surface area contributed by atoms with E-state index in [1.165, 1.54) is 18.2 Å². The van der Waals surface area contributed by atoms with Crippen molar-refractivity contribution in [1.82, 2.24) is 4.72 Å². The Balaban J connectivity index is 2.56. The average molecular weight is 275 g/mol. The van der Waals surface area contributed by atoms with Crippen LogP contribution in [-0.4, -0.2) is 25.8 Å². The molecule has 0 heterocycles. The van der Waals surface area contributed by atoms with E-state index in [2.05, 4.69) is 4.72 Å². The van der Waals surface area contributed by atoms with Crippen LogP contribution < -0.4 is 4.72 Å². The summed E-state index contributed by atoms with van der Waals surface area (Å²) in [6, 6.07) is 5.76. The number of aliphatic hydroxyl groups excluding tert-OH is 1. The van der Waals surface area contributed by atoms with E-state index in [1.807, 2.05) is 6.92 Å². The van der Waals surface area contributed by atoms with E-state index in [1.54, 1.807) is 6.07 Å². The van der Waals surface area contributed by atoms with Crippen LogP contribution in [0.2, 0.25) is 0 Å². The number of hydrogen-bond donors (Lipinski definition) is 2. The van der Waals surface area contributed by atoms with Gasteiger partial charge in [0.05, 0.1) is 11.9 Å². The zero-order valence-electron chi connectivity index (χ0n) is 10.3. The molecule has 0 amide bonds. The molecule has 102 valence electrons. The van der Waals surface area contributed by atoms with Crippen LogP contribution in [0.5, 0.6) is 0 Å². The molecule has 1 aromatic rings. The number of aliphatic hydroxyl groups is 1. The highest BCUT2D eigenvalue weighted by molar-refractivity contribution is 7.89. The molecule has 0 radical (unpaired) electrons. The molecule has 1 aromatic carbocycles. The molecule has 0 saturated carbocycles. The number of sulfonamides is 1. The highest BCUT2D eigenvalue weighted by atomic mass is 32.2. The fourth-order valence-corrected chi connectivity index (χ4v) is 2.69. The SMILES string of the molecule is CCCCS(=O)(=O)NC[C@H](O)c1ccccc1F. The molecule has 18 heavy (non-hydrogen) atoms. The van der Waals surface area contributed by atoms with Gasteiger partial charge in [-0.15, -0.1) is 0 Å². The lowest BCUT2D eigenvalue weighted by Gasteiger charge is -2.13. The molecule has 0 aliphatic carbocycles. The summed E-state index contributed by atoms with van der Waals surface area (Å²) < 4.78 is 38.6. The molecule has 1 atom stereocenters. The number of rotatable bonds is 7. The predicted molar refractivity (Wildman–Crippen MR) is 68.1 cm³/mol. The number of benzene rings is 1. The largest absolute Gasteiger partial charge is 0.387 e. The van der Waals surface area contributed by atoms with Crippen LogP contribution in [-0.2, 0) is 10.0 Å². The van der Waals surface area contributed by atoms with Gasteiger partial charge in [-0.05, 0) is 12.5 Å². The van der Waals surface area contributed by atoms with Gasteiger partial charge in [-0.2, -0.15) is 0 Å².